The molecule has 0 radical (unpaired) electrons. The maximum Gasteiger partial charge on any atom is 0.322 e. The summed E-state index contributed by atoms with van der Waals surface area (Å²) in [6.45, 7) is 1.62. The highest BCUT2D eigenvalue weighted by molar-refractivity contribution is 5.89. The number of carbonyl (C=O) groups excluding carboxylic acids is 1. The number of aromatic nitrogens is 2. The van der Waals surface area contributed by atoms with Crippen molar-refractivity contribution in [1.29, 1.82) is 0 Å². The van der Waals surface area contributed by atoms with Crippen molar-refractivity contribution in [3.8, 4) is 5.75 Å². The first-order chi connectivity index (χ1) is 14.1. The molecule has 0 saturated carbocycles. The van der Waals surface area contributed by atoms with Gasteiger partial charge in [0.2, 0.25) is 0 Å². The van der Waals surface area contributed by atoms with E-state index in [1.54, 1.807) is 18.1 Å². The van der Waals surface area contributed by atoms with Crippen molar-refractivity contribution in [2.45, 2.75) is 31.9 Å². The zero-order chi connectivity index (χ0) is 20.6. The van der Waals surface area contributed by atoms with Gasteiger partial charge in [0.25, 0.3) is 5.89 Å². The topological polar surface area (TPSA) is 99.0 Å². The third-order valence-electron chi connectivity index (χ3n) is 4.61. The number of hydrogen-bond donors (Lipinski definition) is 1. The molecule has 2 aromatic rings. The lowest BCUT2D eigenvalue weighted by molar-refractivity contribution is 0.0494. The molecule has 1 fully saturated rings. The fourth-order valence-corrected chi connectivity index (χ4v) is 3.15. The monoisotopic (exact) mass is 408 g/mol. The highest BCUT2D eigenvalue weighted by Crippen LogP contribution is 2.30. The van der Waals surface area contributed by atoms with Gasteiger partial charge >= 0.3 is 6.03 Å². The van der Waals surface area contributed by atoms with Crippen molar-refractivity contribution in [3.63, 3.8) is 0 Å². The van der Waals surface area contributed by atoms with E-state index in [0.717, 1.165) is 12.8 Å². The number of nitrogens with zero attached hydrogens (tertiary/aromatic N) is 3. The number of carbonyl (C=O) groups is 1. The molecule has 0 bridgehead atoms. The molecular formula is C19H25FN4O5. The molecule has 1 aromatic carbocycles. The summed E-state index contributed by atoms with van der Waals surface area (Å²) < 4.78 is 34.3. The van der Waals surface area contributed by atoms with Gasteiger partial charge < -0.3 is 29.0 Å². The summed E-state index contributed by atoms with van der Waals surface area (Å²) in [7, 11) is 2.98. The Hall–Kier alpha value is -2.72. The van der Waals surface area contributed by atoms with Crippen LogP contribution in [0.5, 0.6) is 5.75 Å². The van der Waals surface area contributed by atoms with E-state index in [1.807, 2.05) is 0 Å². The molecule has 10 heteroatoms. The highest BCUT2D eigenvalue weighted by Gasteiger charge is 2.31. The Labute approximate surface area is 168 Å². The minimum atomic E-state index is -0.545. The van der Waals surface area contributed by atoms with Crippen molar-refractivity contribution >= 4 is 11.7 Å². The van der Waals surface area contributed by atoms with Gasteiger partial charge in [-0.3, -0.25) is 0 Å². The van der Waals surface area contributed by atoms with Crippen LogP contribution in [-0.4, -0.2) is 55.0 Å². The van der Waals surface area contributed by atoms with Crippen LogP contribution in [0.15, 0.2) is 22.7 Å². The zero-order valence-electron chi connectivity index (χ0n) is 16.5. The molecule has 1 N–H and O–H groups in total. The number of hydrogen-bond acceptors (Lipinski definition) is 7. The molecular weight excluding hydrogens is 383 g/mol. The molecule has 1 aromatic heterocycles. The van der Waals surface area contributed by atoms with Gasteiger partial charge in [0.1, 0.15) is 6.61 Å². The average molecular weight is 408 g/mol. The van der Waals surface area contributed by atoms with Crippen molar-refractivity contribution in [3.05, 3.63) is 35.7 Å². The number of ether oxygens (including phenoxy) is 3. The van der Waals surface area contributed by atoms with Crippen molar-refractivity contribution in [2.24, 2.45) is 0 Å². The molecule has 2 amide bonds. The second-order valence-corrected chi connectivity index (χ2v) is 6.58. The number of urea groups is 1. The first-order valence-corrected chi connectivity index (χ1v) is 9.42. The van der Waals surface area contributed by atoms with Crippen LogP contribution in [-0.2, 0) is 16.1 Å². The minimum Gasteiger partial charge on any atom is -0.494 e. The van der Waals surface area contributed by atoms with Crippen molar-refractivity contribution in [2.75, 3.05) is 39.3 Å². The predicted octanol–water partition coefficient (Wildman–Crippen LogP) is 3.14. The van der Waals surface area contributed by atoms with Gasteiger partial charge in [0.15, 0.2) is 17.4 Å². The SMILES string of the molecule is COCCOCc1nc(C2CCCCN2C(=O)Nc2ccc(OC)c(F)c2)no1. The molecule has 1 unspecified atom stereocenters. The molecule has 0 spiro atoms. The summed E-state index contributed by atoms with van der Waals surface area (Å²) in [6, 6.07) is 3.61. The number of anilines is 1. The van der Waals surface area contributed by atoms with E-state index < -0.39 is 5.82 Å². The Morgan fingerprint density at radius 3 is 2.97 bits per heavy atom. The smallest absolute Gasteiger partial charge is 0.322 e. The molecule has 29 heavy (non-hydrogen) atoms. The fraction of sp³-hybridized carbons (Fsp3) is 0.526. The lowest BCUT2D eigenvalue weighted by Crippen LogP contribution is -2.41. The number of halogens is 1. The van der Waals surface area contributed by atoms with Crippen LogP contribution in [0.25, 0.3) is 0 Å². The summed E-state index contributed by atoms with van der Waals surface area (Å²) >= 11 is 0. The van der Waals surface area contributed by atoms with E-state index >= 15 is 0 Å². The largest absolute Gasteiger partial charge is 0.494 e. The summed E-state index contributed by atoms with van der Waals surface area (Å²) in [5, 5.41) is 6.75. The van der Waals surface area contributed by atoms with Gasteiger partial charge in [-0.25, -0.2) is 9.18 Å². The maximum atomic E-state index is 13.9. The first kappa shape index (κ1) is 21.0. The highest BCUT2D eigenvalue weighted by atomic mass is 19.1. The molecule has 1 saturated heterocycles. The van der Waals surface area contributed by atoms with Crippen LogP contribution < -0.4 is 10.1 Å². The van der Waals surface area contributed by atoms with Gasteiger partial charge in [0, 0.05) is 25.4 Å². The molecule has 1 atom stereocenters. The third-order valence-corrected chi connectivity index (χ3v) is 4.61. The number of piperidine rings is 1. The van der Waals surface area contributed by atoms with Gasteiger partial charge in [-0.05, 0) is 31.4 Å². The minimum absolute atomic E-state index is 0.117. The van der Waals surface area contributed by atoms with E-state index in [-0.39, 0.29) is 24.4 Å². The van der Waals surface area contributed by atoms with E-state index in [9.17, 15) is 9.18 Å². The van der Waals surface area contributed by atoms with Gasteiger partial charge in [-0.2, -0.15) is 4.98 Å². The maximum absolute atomic E-state index is 13.9. The number of benzene rings is 1. The van der Waals surface area contributed by atoms with E-state index in [0.29, 0.717) is 43.6 Å². The van der Waals surface area contributed by atoms with E-state index in [4.69, 9.17) is 18.7 Å². The van der Waals surface area contributed by atoms with Crippen LogP contribution in [0.2, 0.25) is 0 Å². The van der Waals surface area contributed by atoms with Crippen molar-refractivity contribution < 1.29 is 27.9 Å². The summed E-state index contributed by atoms with van der Waals surface area (Å²) in [6.07, 6.45) is 2.53. The molecule has 2 heterocycles. The van der Waals surface area contributed by atoms with E-state index in [2.05, 4.69) is 15.5 Å². The number of rotatable bonds is 8. The third kappa shape index (κ3) is 5.42. The van der Waals surface area contributed by atoms with E-state index in [1.165, 1.54) is 19.2 Å². The summed E-state index contributed by atoms with van der Waals surface area (Å²) in [5.74, 6) is 0.355. The second-order valence-electron chi connectivity index (χ2n) is 6.58. The fourth-order valence-electron chi connectivity index (χ4n) is 3.15. The van der Waals surface area contributed by atoms with Crippen molar-refractivity contribution in [1.82, 2.24) is 15.0 Å². The molecule has 158 valence electrons. The van der Waals surface area contributed by atoms with Gasteiger partial charge in [-0.1, -0.05) is 5.16 Å². The van der Waals surface area contributed by atoms with Crippen LogP contribution in [0.4, 0.5) is 14.9 Å². The van der Waals surface area contributed by atoms with Gasteiger partial charge in [-0.15, -0.1) is 0 Å². The number of methoxy groups -OCH3 is 2. The van der Waals surface area contributed by atoms with Crippen LogP contribution in [0.1, 0.15) is 37.0 Å². The molecule has 1 aliphatic heterocycles. The molecule has 3 rings (SSSR count). The first-order valence-electron chi connectivity index (χ1n) is 9.42. The number of nitrogens with one attached hydrogen (secondary N) is 1. The zero-order valence-corrected chi connectivity index (χ0v) is 16.5. The molecule has 0 aliphatic carbocycles. The normalized spacial score (nSPS) is 16.7. The average Bonchev–Trinajstić information content (AvgIpc) is 3.20. The quantitative estimate of drug-likeness (QED) is 0.670. The standard InChI is InChI=1S/C19H25FN4O5/c1-26-9-10-28-12-17-22-18(23-29-17)15-5-3-4-8-24(15)19(25)21-13-6-7-16(27-2)14(20)11-13/h6-7,11,15H,3-5,8-10,12H2,1-2H3,(H,21,25). The Kier molecular flexibility index (Phi) is 7.36. The second kappa shape index (κ2) is 10.2. The molecule has 1 aliphatic rings. The lowest BCUT2D eigenvalue weighted by Gasteiger charge is -2.33. The Morgan fingerprint density at radius 1 is 1.34 bits per heavy atom. The number of amides is 2. The van der Waals surface area contributed by atoms with Crippen LogP contribution in [0.3, 0.4) is 0 Å². The number of likely N-dealkylation sites (tertiary alicyclic amines) is 1. The lowest BCUT2D eigenvalue weighted by atomic mass is 10.0. The Morgan fingerprint density at radius 2 is 2.21 bits per heavy atom. The van der Waals surface area contributed by atoms with Gasteiger partial charge in [0.05, 0.1) is 26.4 Å². The summed E-state index contributed by atoms with van der Waals surface area (Å²) in [5.41, 5.74) is 0.345. The summed E-state index contributed by atoms with van der Waals surface area (Å²) in [4.78, 5) is 18.8. The Balaban J connectivity index is 1.65. The van der Waals surface area contributed by atoms with Crippen LogP contribution >= 0.6 is 0 Å². The molecule has 9 nitrogen and oxygen atoms in total. The Bertz CT molecular complexity index is 816. The predicted molar refractivity (Wildman–Crippen MR) is 101 cm³/mol. The van der Waals surface area contributed by atoms with Crippen LogP contribution in [0, 0.1) is 5.82 Å².